The Morgan fingerprint density at radius 1 is 1.18 bits per heavy atom. The molecule has 0 radical (unpaired) electrons. The van der Waals surface area contributed by atoms with E-state index in [0.29, 0.717) is 32.4 Å². The summed E-state index contributed by atoms with van der Waals surface area (Å²) in [4.78, 5) is 42.3. The van der Waals surface area contributed by atoms with E-state index in [1.807, 2.05) is 44.2 Å². The predicted molar refractivity (Wildman–Crippen MR) is 126 cm³/mol. The van der Waals surface area contributed by atoms with Crippen molar-refractivity contribution in [2.45, 2.75) is 82.7 Å². The molecule has 3 amide bonds. The van der Waals surface area contributed by atoms with E-state index in [4.69, 9.17) is 4.74 Å². The highest BCUT2D eigenvalue weighted by molar-refractivity contribution is 5.99. The summed E-state index contributed by atoms with van der Waals surface area (Å²) in [5.74, 6) is -2.17. The molecule has 2 unspecified atom stereocenters. The van der Waals surface area contributed by atoms with Gasteiger partial charge < -0.3 is 25.4 Å². The van der Waals surface area contributed by atoms with Gasteiger partial charge in [-0.2, -0.15) is 0 Å². The van der Waals surface area contributed by atoms with E-state index in [9.17, 15) is 19.5 Å². The molecule has 1 spiro atoms. The number of hydrogen-bond donors (Lipinski definition) is 3. The number of likely N-dealkylation sites (tertiary alicyclic amines) is 1. The van der Waals surface area contributed by atoms with Crippen LogP contribution in [-0.2, 0) is 25.7 Å². The highest BCUT2D eigenvalue weighted by atomic mass is 16.5. The van der Waals surface area contributed by atoms with Gasteiger partial charge >= 0.3 is 0 Å². The first-order valence-electron chi connectivity index (χ1n) is 12.6. The third-order valence-electron chi connectivity index (χ3n) is 8.03. The summed E-state index contributed by atoms with van der Waals surface area (Å²) in [5.41, 5.74) is -0.847. The Morgan fingerprint density at radius 2 is 1.91 bits per heavy atom. The Bertz CT molecular complexity index is 924. The zero-order valence-electron chi connectivity index (χ0n) is 20.4. The quantitative estimate of drug-likeness (QED) is 0.451. The van der Waals surface area contributed by atoms with Crippen LogP contribution in [0.4, 0.5) is 0 Å². The fraction of sp³-hybridized carbons (Fsp3) is 0.654. The van der Waals surface area contributed by atoms with E-state index in [1.54, 1.807) is 6.92 Å². The molecule has 3 fully saturated rings. The number of hydrogen-bond acceptors (Lipinski definition) is 5. The SMILES string of the molecule is CCCCNC(=O)C1N([C@H](C)CO)C(=O)[C@@H]2[C@@H](C(=O)NCc3ccccc3)[C@@]3(CC)CCC12O3. The van der Waals surface area contributed by atoms with Gasteiger partial charge in [-0.1, -0.05) is 50.6 Å². The van der Waals surface area contributed by atoms with Crippen molar-refractivity contribution in [1.82, 2.24) is 15.5 Å². The molecule has 3 aliphatic heterocycles. The first kappa shape index (κ1) is 24.7. The summed E-state index contributed by atoms with van der Waals surface area (Å²) >= 11 is 0. The number of fused-ring (bicyclic) bond motifs is 1. The lowest BCUT2D eigenvalue weighted by molar-refractivity contribution is -0.150. The van der Waals surface area contributed by atoms with E-state index >= 15 is 0 Å². The van der Waals surface area contributed by atoms with E-state index in [-0.39, 0.29) is 24.3 Å². The van der Waals surface area contributed by atoms with Gasteiger partial charge in [0.05, 0.1) is 30.1 Å². The number of aliphatic hydroxyl groups excluding tert-OH is 1. The third kappa shape index (κ3) is 3.81. The van der Waals surface area contributed by atoms with Gasteiger partial charge in [0.15, 0.2) is 0 Å². The maximum atomic E-state index is 13.8. The fourth-order valence-corrected chi connectivity index (χ4v) is 6.30. The Labute approximate surface area is 201 Å². The Morgan fingerprint density at radius 3 is 2.56 bits per heavy atom. The smallest absolute Gasteiger partial charge is 0.245 e. The maximum Gasteiger partial charge on any atom is 0.245 e. The van der Waals surface area contributed by atoms with Gasteiger partial charge in [-0.25, -0.2) is 0 Å². The molecular formula is C26H37N3O5. The molecule has 3 saturated heterocycles. The van der Waals surface area contributed by atoms with Crippen LogP contribution in [0, 0.1) is 11.8 Å². The second kappa shape index (κ2) is 9.66. The van der Waals surface area contributed by atoms with E-state index in [1.165, 1.54) is 4.90 Å². The van der Waals surface area contributed by atoms with Crippen molar-refractivity contribution < 1.29 is 24.2 Å². The molecule has 3 aliphatic rings. The van der Waals surface area contributed by atoms with E-state index in [0.717, 1.165) is 18.4 Å². The van der Waals surface area contributed by atoms with E-state index < -0.39 is 35.1 Å². The lowest BCUT2D eigenvalue weighted by atomic mass is 9.65. The fourth-order valence-electron chi connectivity index (χ4n) is 6.30. The van der Waals surface area contributed by atoms with Crippen LogP contribution >= 0.6 is 0 Å². The van der Waals surface area contributed by atoms with Crippen LogP contribution in [-0.4, -0.2) is 64.2 Å². The standard InChI is InChI=1S/C26H37N3O5/c1-4-6-14-27-23(32)21-26-13-12-25(5-2,34-26)19(20(26)24(33)29(21)17(3)16-30)22(31)28-15-18-10-8-7-9-11-18/h7-11,17,19-21,30H,4-6,12-16H2,1-3H3,(H,27,32)(H,28,31)/t17-,19+,20+,21?,25-,26?/m1/s1. The summed E-state index contributed by atoms with van der Waals surface area (Å²) in [6, 6.07) is 8.23. The molecule has 8 heteroatoms. The number of rotatable bonds is 10. The average Bonchev–Trinajstić information content (AvgIpc) is 3.46. The summed E-state index contributed by atoms with van der Waals surface area (Å²) in [6.07, 6.45) is 3.52. The zero-order valence-corrected chi connectivity index (χ0v) is 20.4. The first-order chi connectivity index (χ1) is 16.3. The molecule has 186 valence electrons. The number of carbonyl (C=O) groups excluding carboxylic acids is 3. The maximum absolute atomic E-state index is 13.8. The molecule has 4 rings (SSSR count). The van der Waals surface area contributed by atoms with Gasteiger partial charge in [0.2, 0.25) is 17.7 Å². The Kier molecular flexibility index (Phi) is 7.01. The van der Waals surface area contributed by atoms with Gasteiger partial charge in [-0.3, -0.25) is 14.4 Å². The zero-order chi connectivity index (χ0) is 24.5. The van der Waals surface area contributed by atoms with Crippen LogP contribution in [0.5, 0.6) is 0 Å². The summed E-state index contributed by atoms with van der Waals surface area (Å²) < 4.78 is 6.68. The minimum absolute atomic E-state index is 0.214. The van der Waals surface area contributed by atoms with Crippen molar-refractivity contribution in [1.29, 1.82) is 0 Å². The summed E-state index contributed by atoms with van der Waals surface area (Å²) in [6.45, 7) is 6.37. The van der Waals surface area contributed by atoms with Crippen LogP contribution in [0.1, 0.15) is 58.4 Å². The molecule has 3 N–H and O–H groups in total. The van der Waals surface area contributed by atoms with Gasteiger partial charge in [-0.15, -0.1) is 0 Å². The minimum atomic E-state index is -1.05. The van der Waals surface area contributed by atoms with Crippen molar-refractivity contribution in [3.05, 3.63) is 35.9 Å². The molecule has 34 heavy (non-hydrogen) atoms. The predicted octanol–water partition coefficient (Wildman–Crippen LogP) is 1.75. The normalized spacial score (nSPS) is 32.5. The minimum Gasteiger partial charge on any atom is -0.394 e. The number of ether oxygens (including phenoxy) is 1. The summed E-state index contributed by atoms with van der Waals surface area (Å²) in [5, 5.41) is 15.9. The van der Waals surface area contributed by atoms with Crippen LogP contribution in [0.2, 0.25) is 0 Å². The Balaban J connectivity index is 1.66. The summed E-state index contributed by atoms with van der Waals surface area (Å²) in [7, 11) is 0. The lowest BCUT2D eigenvalue weighted by Gasteiger charge is -2.36. The van der Waals surface area contributed by atoms with Gasteiger partial charge in [0.25, 0.3) is 0 Å². The second-order valence-electron chi connectivity index (χ2n) is 9.96. The molecule has 0 aromatic heterocycles. The molecule has 0 saturated carbocycles. The van der Waals surface area contributed by atoms with Crippen molar-refractivity contribution in [3.8, 4) is 0 Å². The van der Waals surface area contributed by atoms with Crippen LogP contribution in [0.3, 0.4) is 0 Å². The largest absolute Gasteiger partial charge is 0.394 e. The molecule has 0 aliphatic carbocycles. The van der Waals surface area contributed by atoms with Crippen LogP contribution in [0.15, 0.2) is 30.3 Å². The van der Waals surface area contributed by atoms with Crippen LogP contribution < -0.4 is 10.6 Å². The van der Waals surface area contributed by atoms with Crippen molar-refractivity contribution >= 4 is 17.7 Å². The molecule has 2 bridgehead atoms. The monoisotopic (exact) mass is 471 g/mol. The highest BCUT2D eigenvalue weighted by Gasteiger charge is 2.78. The van der Waals surface area contributed by atoms with Crippen LogP contribution in [0.25, 0.3) is 0 Å². The number of nitrogens with zero attached hydrogens (tertiary/aromatic N) is 1. The van der Waals surface area contributed by atoms with Crippen molar-refractivity contribution in [2.75, 3.05) is 13.2 Å². The molecule has 3 heterocycles. The van der Waals surface area contributed by atoms with Crippen molar-refractivity contribution in [2.24, 2.45) is 11.8 Å². The van der Waals surface area contributed by atoms with Gasteiger partial charge in [0, 0.05) is 13.1 Å². The molecule has 8 nitrogen and oxygen atoms in total. The molecular weight excluding hydrogens is 434 g/mol. The number of unbranched alkanes of at least 4 members (excludes halogenated alkanes) is 1. The number of nitrogens with one attached hydrogen (secondary N) is 2. The average molecular weight is 472 g/mol. The van der Waals surface area contributed by atoms with Gasteiger partial charge in [0.1, 0.15) is 11.6 Å². The molecule has 1 aromatic rings. The van der Waals surface area contributed by atoms with Crippen molar-refractivity contribution in [3.63, 3.8) is 0 Å². The first-order valence-corrected chi connectivity index (χ1v) is 12.6. The van der Waals surface area contributed by atoms with Gasteiger partial charge in [-0.05, 0) is 38.2 Å². The number of benzene rings is 1. The molecule has 6 atom stereocenters. The highest BCUT2D eigenvalue weighted by Crippen LogP contribution is 2.64. The van der Waals surface area contributed by atoms with E-state index in [2.05, 4.69) is 10.6 Å². The Hall–Kier alpha value is -2.45. The second-order valence-corrected chi connectivity index (χ2v) is 9.96. The third-order valence-corrected chi connectivity index (χ3v) is 8.03. The lowest BCUT2D eigenvalue weighted by Crippen LogP contribution is -2.57. The molecule has 1 aromatic carbocycles. The number of carbonyl (C=O) groups is 3. The number of amides is 3. The topological polar surface area (TPSA) is 108 Å². The number of aliphatic hydroxyl groups is 1.